The number of rotatable bonds is 2. The van der Waals surface area contributed by atoms with Gasteiger partial charge in [-0.15, -0.1) is 0 Å². The molecular formula is C10H11BrN2O2. The maximum Gasteiger partial charge on any atom is 0.236 e. The Hall–Kier alpha value is -1.36. The van der Waals surface area contributed by atoms with Crippen LogP contribution in [0.15, 0.2) is 27.8 Å². The molecule has 1 amide bonds. The Bertz CT molecular complexity index is 416. The number of carbonyl (C=O) groups excluding carboxylic acids is 1. The Morgan fingerprint density at radius 2 is 2.13 bits per heavy atom. The summed E-state index contributed by atoms with van der Waals surface area (Å²) in [6.07, 6.45) is 0. The van der Waals surface area contributed by atoms with Gasteiger partial charge in [0.05, 0.1) is 5.71 Å². The molecule has 0 bridgehead atoms. The van der Waals surface area contributed by atoms with Crippen LogP contribution in [0.2, 0.25) is 0 Å². The number of hydrogen-bond donors (Lipinski definition) is 2. The van der Waals surface area contributed by atoms with E-state index in [1.54, 1.807) is 25.1 Å². The topological polar surface area (TPSA) is 61.7 Å². The van der Waals surface area contributed by atoms with Crippen molar-refractivity contribution in [3.63, 3.8) is 0 Å². The second-order valence-corrected chi connectivity index (χ2v) is 3.94. The number of hydrazone groups is 1. The molecule has 15 heavy (non-hydrogen) atoms. The summed E-state index contributed by atoms with van der Waals surface area (Å²) in [4.78, 5) is 10.6. The van der Waals surface area contributed by atoms with Gasteiger partial charge in [-0.2, -0.15) is 5.10 Å². The van der Waals surface area contributed by atoms with Crippen molar-refractivity contribution < 1.29 is 9.90 Å². The van der Waals surface area contributed by atoms with Gasteiger partial charge in [-0.25, -0.2) is 5.43 Å². The first-order valence-electron chi connectivity index (χ1n) is 4.30. The van der Waals surface area contributed by atoms with Gasteiger partial charge in [0.2, 0.25) is 5.91 Å². The Morgan fingerprint density at radius 3 is 2.73 bits per heavy atom. The van der Waals surface area contributed by atoms with Crippen LogP contribution in [0.25, 0.3) is 0 Å². The number of aromatic hydroxyl groups is 1. The van der Waals surface area contributed by atoms with Crippen LogP contribution in [-0.4, -0.2) is 16.7 Å². The lowest BCUT2D eigenvalue weighted by molar-refractivity contribution is -0.118. The minimum Gasteiger partial charge on any atom is -0.507 e. The van der Waals surface area contributed by atoms with Gasteiger partial charge in [-0.05, 0) is 25.1 Å². The molecule has 0 unspecified atom stereocenters. The fraction of sp³-hybridized carbons (Fsp3) is 0.200. The third kappa shape index (κ3) is 3.36. The first-order chi connectivity index (χ1) is 7.00. The van der Waals surface area contributed by atoms with Gasteiger partial charge < -0.3 is 5.11 Å². The normalized spacial score (nSPS) is 11.3. The van der Waals surface area contributed by atoms with E-state index < -0.39 is 0 Å². The third-order valence-corrected chi connectivity index (χ3v) is 2.22. The predicted molar refractivity (Wildman–Crippen MR) is 61.8 cm³/mol. The number of hydrogen-bond acceptors (Lipinski definition) is 3. The van der Waals surface area contributed by atoms with Crippen molar-refractivity contribution in [1.82, 2.24) is 5.43 Å². The van der Waals surface area contributed by atoms with E-state index in [2.05, 4.69) is 26.5 Å². The van der Waals surface area contributed by atoms with Gasteiger partial charge in [-0.1, -0.05) is 15.9 Å². The summed E-state index contributed by atoms with van der Waals surface area (Å²) in [6.45, 7) is 3.08. The maximum atomic E-state index is 10.6. The highest BCUT2D eigenvalue weighted by Gasteiger charge is 2.05. The zero-order valence-electron chi connectivity index (χ0n) is 8.41. The smallest absolute Gasteiger partial charge is 0.236 e. The van der Waals surface area contributed by atoms with Gasteiger partial charge in [0.15, 0.2) is 0 Å². The molecule has 0 aliphatic carbocycles. The Balaban J connectivity index is 2.99. The monoisotopic (exact) mass is 270 g/mol. The molecule has 80 valence electrons. The van der Waals surface area contributed by atoms with Gasteiger partial charge in [-0.3, -0.25) is 4.79 Å². The van der Waals surface area contributed by atoms with Gasteiger partial charge in [0.1, 0.15) is 5.75 Å². The molecule has 2 N–H and O–H groups in total. The average Bonchev–Trinajstić information content (AvgIpc) is 2.18. The molecule has 0 fully saturated rings. The van der Waals surface area contributed by atoms with Crippen molar-refractivity contribution in [3.8, 4) is 5.75 Å². The lowest BCUT2D eigenvalue weighted by Crippen LogP contribution is -2.15. The van der Waals surface area contributed by atoms with Gasteiger partial charge in [0, 0.05) is 17.0 Å². The van der Waals surface area contributed by atoms with Crippen molar-refractivity contribution in [2.24, 2.45) is 5.10 Å². The number of phenols is 1. The van der Waals surface area contributed by atoms with E-state index in [0.29, 0.717) is 11.3 Å². The van der Waals surface area contributed by atoms with Crippen molar-refractivity contribution >= 4 is 27.5 Å². The third-order valence-electron chi connectivity index (χ3n) is 1.73. The van der Waals surface area contributed by atoms with E-state index in [9.17, 15) is 9.90 Å². The molecule has 0 aliphatic heterocycles. The summed E-state index contributed by atoms with van der Waals surface area (Å²) < 4.78 is 0.840. The molecular weight excluding hydrogens is 260 g/mol. The van der Waals surface area contributed by atoms with E-state index in [0.717, 1.165) is 4.47 Å². The van der Waals surface area contributed by atoms with Crippen molar-refractivity contribution in [3.05, 3.63) is 28.2 Å². The molecule has 0 aliphatic rings. The van der Waals surface area contributed by atoms with E-state index in [-0.39, 0.29) is 11.7 Å². The zero-order chi connectivity index (χ0) is 11.4. The fourth-order valence-electron chi connectivity index (χ4n) is 1.02. The molecule has 4 nitrogen and oxygen atoms in total. The molecule has 1 rings (SSSR count). The first-order valence-corrected chi connectivity index (χ1v) is 5.09. The quantitative estimate of drug-likeness (QED) is 0.638. The number of nitrogens with one attached hydrogen (secondary N) is 1. The van der Waals surface area contributed by atoms with E-state index >= 15 is 0 Å². The Labute approximate surface area is 96.1 Å². The summed E-state index contributed by atoms with van der Waals surface area (Å²) in [5.41, 5.74) is 3.44. The van der Waals surface area contributed by atoms with Crippen molar-refractivity contribution in [2.75, 3.05) is 0 Å². The van der Waals surface area contributed by atoms with Gasteiger partial charge >= 0.3 is 0 Å². The highest BCUT2D eigenvalue weighted by molar-refractivity contribution is 9.10. The van der Waals surface area contributed by atoms with E-state index in [1.165, 1.54) is 6.92 Å². The van der Waals surface area contributed by atoms with Crippen LogP contribution in [0, 0.1) is 0 Å². The molecule has 0 atom stereocenters. The summed E-state index contributed by atoms with van der Waals surface area (Å²) in [6, 6.07) is 5.02. The number of amides is 1. The Kier molecular flexibility index (Phi) is 3.85. The molecule has 1 aromatic carbocycles. The fourth-order valence-corrected chi connectivity index (χ4v) is 1.38. The molecule has 0 heterocycles. The lowest BCUT2D eigenvalue weighted by atomic mass is 10.1. The van der Waals surface area contributed by atoms with Gasteiger partial charge in [0.25, 0.3) is 0 Å². The summed E-state index contributed by atoms with van der Waals surface area (Å²) >= 11 is 3.29. The second kappa shape index (κ2) is 4.93. The molecule has 0 aromatic heterocycles. The summed E-state index contributed by atoms with van der Waals surface area (Å²) in [5.74, 6) is -0.117. The van der Waals surface area contributed by atoms with Crippen LogP contribution < -0.4 is 5.43 Å². The molecule has 0 saturated heterocycles. The lowest BCUT2D eigenvalue weighted by Gasteiger charge is -2.04. The molecule has 1 aromatic rings. The van der Waals surface area contributed by atoms with Crippen molar-refractivity contribution in [2.45, 2.75) is 13.8 Å². The number of halogens is 1. The van der Waals surface area contributed by atoms with Crippen LogP contribution in [0.3, 0.4) is 0 Å². The zero-order valence-corrected chi connectivity index (χ0v) is 10.00. The molecule has 0 saturated carbocycles. The van der Waals surface area contributed by atoms with Crippen molar-refractivity contribution in [1.29, 1.82) is 0 Å². The largest absolute Gasteiger partial charge is 0.507 e. The van der Waals surface area contributed by atoms with Crippen LogP contribution in [0.4, 0.5) is 0 Å². The summed E-state index contributed by atoms with van der Waals surface area (Å²) in [7, 11) is 0. The van der Waals surface area contributed by atoms with Crippen LogP contribution in [-0.2, 0) is 4.79 Å². The number of nitrogens with zero attached hydrogens (tertiary/aromatic N) is 1. The van der Waals surface area contributed by atoms with E-state index in [1.807, 2.05) is 0 Å². The number of benzene rings is 1. The molecule has 5 heteroatoms. The van der Waals surface area contributed by atoms with E-state index in [4.69, 9.17) is 0 Å². The first kappa shape index (κ1) is 11.7. The minimum absolute atomic E-state index is 0.129. The SMILES string of the molecule is CC(=O)N/N=C(\C)c1cc(Br)ccc1O. The molecule has 0 spiro atoms. The maximum absolute atomic E-state index is 10.6. The number of carbonyl (C=O) groups is 1. The second-order valence-electron chi connectivity index (χ2n) is 3.03. The van der Waals surface area contributed by atoms with Crippen LogP contribution >= 0.6 is 15.9 Å². The standard InChI is InChI=1S/C10H11BrN2O2/c1-6(12-13-7(2)14)9-5-8(11)3-4-10(9)15/h3-5,15H,1-2H3,(H,13,14)/b12-6+. The highest BCUT2D eigenvalue weighted by atomic mass is 79.9. The van der Waals surface area contributed by atoms with Crippen LogP contribution in [0.1, 0.15) is 19.4 Å². The Morgan fingerprint density at radius 1 is 1.47 bits per heavy atom. The average molecular weight is 271 g/mol. The molecule has 0 radical (unpaired) electrons. The highest BCUT2D eigenvalue weighted by Crippen LogP contribution is 2.22. The minimum atomic E-state index is -0.246. The van der Waals surface area contributed by atoms with Crippen LogP contribution in [0.5, 0.6) is 5.75 Å². The predicted octanol–water partition coefficient (Wildman–Crippen LogP) is 2.01. The number of phenolic OH excluding ortho intramolecular Hbond substituents is 1. The summed E-state index contributed by atoms with van der Waals surface area (Å²) in [5, 5.41) is 13.4.